The molecule has 6 nitrogen and oxygen atoms in total. The van der Waals surface area contributed by atoms with Crippen molar-refractivity contribution in [2.75, 3.05) is 6.61 Å². The van der Waals surface area contributed by atoms with E-state index in [2.05, 4.69) is 6.92 Å². The predicted octanol–water partition coefficient (Wildman–Crippen LogP) is 2.56. The molecule has 4 aliphatic rings. The van der Waals surface area contributed by atoms with Gasteiger partial charge >= 0.3 is 5.97 Å². The zero-order chi connectivity index (χ0) is 21.2. The average Bonchev–Trinajstić information content (AvgIpc) is 2.91. The Bertz CT molecular complexity index is 827. The largest absolute Gasteiger partial charge is 0.458 e. The number of carbonyl (C=O) groups excluding carboxylic acids is 4. The zero-order valence-corrected chi connectivity index (χ0v) is 17.5. The number of allylic oxidation sites excluding steroid dienone is 1. The summed E-state index contributed by atoms with van der Waals surface area (Å²) < 4.78 is 4.86. The van der Waals surface area contributed by atoms with E-state index in [9.17, 15) is 24.3 Å². The maximum Gasteiger partial charge on any atom is 0.303 e. The number of Topliss-reactive ketones (excluding diaryl/α,β-unsaturated/α-hetero) is 2. The molecule has 0 spiro atoms. The molecule has 4 rings (SSSR count). The lowest BCUT2D eigenvalue weighted by Crippen LogP contribution is -2.61. The van der Waals surface area contributed by atoms with Crippen LogP contribution in [0.15, 0.2) is 11.6 Å². The molecule has 6 heteroatoms. The maximum absolute atomic E-state index is 13.5. The molecule has 3 saturated carbocycles. The Morgan fingerprint density at radius 3 is 2.59 bits per heavy atom. The molecule has 0 bridgehead atoms. The normalized spacial score (nSPS) is 43.7. The van der Waals surface area contributed by atoms with Gasteiger partial charge in [0, 0.05) is 31.1 Å². The Morgan fingerprint density at radius 1 is 1.17 bits per heavy atom. The lowest BCUT2D eigenvalue weighted by atomic mass is 9.46. The van der Waals surface area contributed by atoms with Gasteiger partial charge in [0.15, 0.2) is 12.4 Å². The number of rotatable bonds is 3. The van der Waals surface area contributed by atoms with E-state index in [0.29, 0.717) is 25.7 Å². The lowest BCUT2D eigenvalue weighted by molar-refractivity contribution is -0.173. The summed E-state index contributed by atoms with van der Waals surface area (Å²) in [5.41, 5.74) is -1.68. The molecule has 0 heterocycles. The molecular formula is C23H30O6. The number of carbonyl (C=O) groups is 4. The second kappa shape index (κ2) is 6.59. The summed E-state index contributed by atoms with van der Waals surface area (Å²) in [5, 5.41) is 11.4. The van der Waals surface area contributed by atoms with Crippen LogP contribution in [0.25, 0.3) is 0 Å². The van der Waals surface area contributed by atoms with Crippen LogP contribution in [-0.4, -0.2) is 40.6 Å². The molecule has 0 aromatic heterocycles. The summed E-state index contributed by atoms with van der Waals surface area (Å²) in [6.45, 7) is 4.76. The maximum atomic E-state index is 13.5. The van der Waals surface area contributed by atoms with E-state index >= 15 is 0 Å². The molecule has 4 aliphatic carbocycles. The van der Waals surface area contributed by atoms with Gasteiger partial charge in [-0.15, -0.1) is 0 Å². The molecule has 1 N–H and O–H groups in total. The van der Waals surface area contributed by atoms with Crippen molar-refractivity contribution in [3.63, 3.8) is 0 Å². The molecule has 29 heavy (non-hydrogen) atoms. The van der Waals surface area contributed by atoms with Crippen LogP contribution in [0.2, 0.25) is 0 Å². The van der Waals surface area contributed by atoms with Crippen molar-refractivity contribution < 1.29 is 29.0 Å². The van der Waals surface area contributed by atoms with E-state index in [-0.39, 0.29) is 41.2 Å². The van der Waals surface area contributed by atoms with Crippen molar-refractivity contribution in [3.05, 3.63) is 11.6 Å². The first-order valence-electron chi connectivity index (χ1n) is 10.7. The van der Waals surface area contributed by atoms with Gasteiger partial charge in [-0.25, -0.2) is 0 Å². The van der Waals surface area contributed by atoms with Gasteiger partial charge < -0.3 is 9.84 Å². The first-order chi connectivity index (χ1) is 13.5. The number of aliphatic hydroxyl groups is 1. The second-order valence-corrected chi connectivity index (χ2v) is 10.0. The molecule has 0 aliphatic heterocycles. The highest BCUT2D eigenvalue weighted by Gasteiger charge is 2.68. The molecule has 6 atom stereocenters. The molecule has 0 unspecified atom stereocenters. The fourth-order valence-corrected chi connectivity index (χ4v) is 7.13. The summed E-state index contributed by atoms with van der Waals surface area (Å²) in [6, 6.07) is 0. The van der Waals surface area contributed by atoms with E-state index in [4.69, 9.17) is 4.74 Å². The Hall–Kier alpha value is -1.82. The summed E-state index contributed by atoms with van der Waals surface area (Å²) in [6.07, 6.45) is 5.66. The Kier molecular flexibility index (Phi) is 4.65. The summed E-state index contributed by atoms with van der Waals surface area (Å²) in [5.74, 6) is -0.811. The first kappa shape index (κ1) is 20.5. The smallest absolute Gasteiger partial charge is 0.303 e. The Morgan fingerprint density at radius 2 is 1.90 bits per heavy atom. The van der Waals surface area contributed by atoms with Crippen LogP contribution >= 0.6 is 0 Å². The van der Waals surface area contributed by atoms with Crippen molar-refractivity contribution in [3.8, 4) is 0 Å². The molecule has 0 saturated heterocycles. The Labute approximate surface area is 171 Å². The molecule has 0 radical (unpaired) electrons. The van der Waals surface area contributed by atoms with Gasteiger partial charge in [-0.1, -0.05) is 19.4 Å². The van der Waals surface area contributed by atoms with Gasteiger partial charge in [0.1, 0.15) is 11.4 Å². The first-order valence-corrected chi connectivity index (χ1v) is 10.7. The second-order valence-electron chi connectivity index (χ2n) is 10.0. The number of ketones is 3. The third kappa shape index (κ3) is 2.78. The van der Waals surface area contributed by atoms with E-state index in [1.165, 1.54) is 6.92 Å². The number of hydrogen-bond acceptors (Lipinski definition) is 6. The van der Waals surface area contributed by atoms with E-state index in [1.807, 2.05) is 6.92 Å². The average molecular weight is 402 g/mol. The van der Waals surface area contributed by atoms with Gasteiger partial charge in [0.25, 0.3) is 0 Å². The highest BCUT2D eigenvalue weighted by Crippen LogP contribution is 2.66. The van der Waals surface area contributed by atoms with Crippen LogP contribution in [0.3, 0.4) is 0 Å². The number of fused-ring (bicyclic) bond motifs is 5. The molecule has 3 fully saturated rings. The van der Waals surface area contributed by atoms with E-state index < -0.39 is 29.4 Å². The van der Waals surface area contributed by atoms with Crippen LogP contribution in [0.5, 0.6) is 0 Å². The fraction of sp³-hybridized carbons (Fsp3) is 0.739. The predicted molar refractivity (Wildman–Crippen MR) is 104 cm³/mol. The van der Waals surface area contributed by atoms with Crippen LogP contribution < -0.4 is 0 Å². The van der Waals surface area contributed by atoms with Gasteiger partial charge in [0.05, 0.1) is 0 Å². The van der Waals surface area contributed by atoms with Crippen molar-refractivity contribution in [1.82, 2.24) is 0 Å². The highest BCUT2D eigenvalue weighted by molar-refractivity contribution is 5.95. The molecule has 158 valence electrons. The van der Waals surface area contributed by atoms with Gasteiger partial charge in [-0.05, 0) is 55.4 Å². The fourth-order valence-electron chi connectivity index (χ4n) is 7.13. The Balaban J connectivity index is 1.66. The molecule has 0 aromatic rings. The third-order valence-corrected chi connectivity index (χ3v) is 8.67. The van der Waals surface area contributed by atoms with E-state index in [0.717, 1.165) is 18.4 Å². The lowest BCUT2D eigenvalue weighted by Gasteiger charge is -2.57. The summed E-state index contributed by atoms with van der Waals surface area (Å²) in [4.78, 5) is 49.4. The van der Waals surface area contributed by atoms with Gasteiger partial charge in [0.2, 0.25) is 5.78 Å². The summed E-state index contributed by atoms with van der Waals surface area (Å²) >= 11 is 0. The van der Waals surface area contributed by atoms with Crippen LogP contribution in [0.1, 0.15) is 65.7 Å². The molecule has 0 aromatic carbocycles. The van der Waals surface area contributed by atoms with Crippen LogP contribution in [0, 0.1) is 28.6 Å². The van der Waals surface area contributed by atoms with Crippen molar-refractivity contribution in [1.29, 1.82) is 0 Å². The molecule has 0 amide bonds. The zero-order valence-electron chi connectivity index (χ0n) is 17.5. The van der Waals surface area contributed by atoms with Crippen LogP contribution in [0.4, 0.5) is 0 Å². The molecular weight excluding hydrogens is 372 g/mol. The third-order valence-electron chi connectivity index (χ3n) is 8.67. The number of esters is 1. The van der Waals surface area contributed by atoms with Gasteiger partial charge in [-0.3, -0.25) is 19.2 Å². The monoisotopic (exact) mass is 402 g/mol. The topological polar surface area (TPSA) is 97.7 Å². The number of ether oxygens (including phenoxy) is 1. The minimum Gasteiger partial charge on any atom is -0.458 e. The summed E-state index contributed by atoms with van der Waals surface area (Å²) in [7, 11) is 0. The van der Waals surface area contributed by atoms with Gasteiger partial charge in [-0.2, -0.15) is 0 Å². The van der Waals surface area contributed by atoms with Crippen molar-refractivity contribution >= 4 is 23.3 Å². The van der Waals surface area contributed by atoms with Crippen molar-refractivity contribution in [2.24, 2.45) is 28.6 Å². The van der Waals surface area contributed by atoms with Crippen molar-refractivity contribution in [2.45, 2.75) is 71.3 Å². The standard InChI is InChI=1S/C23H30O6/c1-13(24)29-12-19(27)23(28)9-7-17-16-5-4-14-10-15(25)6-8-21(14,2)20(16)18(26)11-22(17,23)3/h10,16-17,20,28H,4-9,11-12H2,1-3H3/t16-,17+,20+,21+,22+,23-/m0/s1. The minimum atomic E-state index is -1.65. The highest BCUT2D eigenvalue weighted by atomic mass is 16.5. The van der Waals surface area contributed by atoms with Crippen LogP contribution in [-0.2, 0) is 23.9 Å². The number of hydrogen-bond donors (Lipinski definition) is 1. The minimum absolute atomic E-state index is 0.0625. The SMILES string of the molecule is CC(=O)OCC(=O)[C@@]1(O)CC[C@@H]2[C@@H]3CCC4=CC(=O)CC[C@@]4(C)[C@H]3C(=O)C[C@]21C. The quantitative estimate of drug-likeness (QED) is 0.729. The van der Waals surface area contributed by atoms with E-state index in [1.54, 1.807) is 6.08 Å².